The maximum Gasteiger partial charge on any atom is 0.142 e. The molecule has 0 fully saturated rings. The summed E-state index contributed by atoms with van der Waals surface area (Å²) in [4.78, 5) is 11.0. The third-order valence-electron chi connectivity index (χ3n) is 1.44. The van der Waals surface area contributed by atoms with E-state index in [9.17, 15) is 4.79 Å². The van der Waals surface area contributed by atoms with Gasteiger partial charge in [0, 0.05) is 0 Å². The molecule has 0 saturated heterocycles. The molecule has 0 aromatic carbocycles. The van der Waals surface area contributed by atoms with Gasteiger partial charge in [-0.3, -0.25) is 4.79 Å². The molecule has 0 amide bonds. The van der Waals surface area contributed by atoms with Crippen LogP contribution in [-0.2, 0) is 4.79 Å². The molecule has 1 unspecified atom stereocenters. The molecule has 0 spiro atoms. The summed E-state index contributed by atoms with van der Waals surface area (Å²) in [5.74, 6) is 0.325. The zero-order chi connectivity index (χ0) is 8.85. The molecule has 0 saturated carbocycles. The van der Waals surface area contributed by atoms with Gasteiger partial charge in [-0.05, 0) is 18.6 Å². The molecule has 0 aliphatic carbocycles. The van der Waals surface area contributed by atoms with E-state index >= 15 is 0 Å². The van der Waals surface area contributed by atoms with Crippen LogP contribution in [0.25, 0.3) is 0 Å². The van der Waals surface area contributed by atoms with E-state index in [2.05, 4.69) is 20.8 Å². The molecule has 2 heteroatoms. The summed E-state index contributed by atoms with van der Waals surface area (Å²) in [5, 5.41) is 0.801. The molecule has 0 aromatic heterocycles. The van der Waals surface area contributed by atoms with Crippen molar-refractivity contribution in [2.75, 3.05) is 0 Å². The second kappa shape index (κ2) is 5.64. The van der Waals surface area contributed by atoms with Crippen molar-refractivity contribution in [2.24, 2.45) is 0 Å². The van der Waals surface area contributed by atoms with Gasteiger partial charge in [0.05, 0.1) is 5.25 Å². The first-order valence-corrected chi connectivity index (χ1v) is 5.18. The summed E-state index contributed by atoms with van der Waals surface area (Å²) in [6.07, 6.45) is 2.13. The molecule has 0 heterocycles. The van der Waals surface area contributed by atoms with Gasteiger partial charge in [-0.15, -0.1) is 11.8 Å². The minimum atomic E-state index is 0.236. The van der Waals surface area contributed by atoms with Crippen molar-refractivity contribution in [3.8, 4) is 0 Å². The molecule has 0 bridgehead atoms. The average molecular weight is 174 g/mol. The van der Waals surface area contributed by atoms with Crippen molar-refractivity contribution in [2.45, 2.75) is 51.0 Å². The number of hydrogen-bond donors (Lipinski definition) is 0. The monoisotopic (exact) mass is 174 g/mol. The maximum absolute atomic E-state index is 11.0. The largest absolute Gasteiger partial charge is 0.299 e. The van der Waals surface area contributed by atoms with Gasteiger partial charge in [0.15, 0.2) is 0 Å². The summed E-state index contributed by atoms with van der Waals surface area (Å²) >= 11 is 1.78. The van der Waals surface area contributed by atoms with Gasteiger partial charge < -0.3 is 0 Å². The molecule has 11 heavy (non-hydrogen) atoms. The normalized spacial score (nSPS) is 13.5. The Bertz CT molecular complexity index is 121. The summed E-state index contributed by atoms with van der Waals surface area (Å²) in [6, 6.07) is 0. The van der Waals surface area contributed by atoms with Crippen molar-refractivity contribution in [1.29, 1.82) is 0 Å². The van der Waals surface area contributed by atoms with Crippen LogP contribution in [0.5, 0.6) is 0 Å². The van der Waals surface area contributed by atoms with Crippen molar-refractivity contribution >= 4 is 17.5 Å². The number of carbonyl (C=O) groups excluding carboxylic acids is 1. The SMILES string of the molecule is CCCC(SC(C)C)C(C)=O. The predicted molar refractivity (Wildman–Crippen MR) is 52.1 cm³/mol. The highest BCUT2D eigenvalue weighted by atomic mass is 32.2. The number of Topliss-reactive ketones (excluding diaryl/α,β-unsaturated/α-hetero) is 1. The lowest BCUT2D eigenvalue weighted by molar-refractivity contribution is -0.116. The van der Waals surface area contributed by atoms with E-state index in [1.54, 1.807) is 18.7 Å². The van der Waals surface area contributed by atoms with Crippen LogP contribution in [0.3, 0.4) is 0 Å². The van der Waals surface area contributed by atoms with E-state index < -0.39 is 0 Å². The summed E-state index contributed by atoms with van der Waals surface area (Å²) in [5.41, 5.74) is 0. The van der Waals surface area contributed by atoms with E-state index in [4.69, 9.17) is 0 Å². The third kappa shape index (κ3) is 5.31. The fraction of sp³-hybridized carbons (Fsp3) is 0.889. The van der Waals surface area contributed by atoms with Crippen molar-refractivity contribution in [3.63, 3.8) is 0 Å². The zero-order valence-corrected chi connectivity index (χ0v) is 8.70. The molecule has 1 nitrogen and oxygen atoms in total. The fourth-order valence-corrected chi connectivity index (χ4v) is 2.18. The van der Waals surface area contributed by atoms with Crippen molar-refractivity contribution in [1.82, 2.24) is 0 Å². The predicted octanol–water partition coefficient (Wildman–Crippen LogP) is 2.89. The van der Waals surface area contributed by atoms with Gasteiger partial charge in [-0.2, -0.15) is 0 Å². The van der Waals surface area contributed by atoms with Crippen LogP contribution in [0.2, 0.25) is 0 Å². The standard InChI is InChI=1S/C9H18OS/c1-5-6-9(8(4)10)11-7(2)3/h7,9H,5-6H2,1-4H3. The summed E-state index contributed by atoms with van der Waals surface area (Å²) in [6.45, 7) is 8.08. The summed E-state index contributed by atoms with van der Waals surface area (Å²) < 4.78 is 0. The van der Waals surface area contributed by atoms with Gasteiger partial charge in [0.25, 0.3) is 0 Å². The Hall–Kier alpha value is 0.0200. The van der Waals surface area contributed by atoms with E-state index in [-0.39, 0.29) is 5.25 Å². The highest BCUT2D eigenvalue weighted by Gasteiger charge is 2.14. The van der Waals surface area contributed by atoms with E-state index in [1.807, 2.05) is 0 Å². The number of rotatable bonds is 5. The van der Waals surface area contributed by atoms with Gasteiger partial charge in [-0.1, -0.05) is 27.2 Å². The first-order chi connectivity index (χ1) is 5.07. The Morgan fingerprint density at radius 3 is 2.27 bits per heavy atom. The Morgan fingerprint density at radius 1 is 1.45 bits per heavy atom. The second-order valence-corrected chi connectivity index (χ2v) is 4.86. The Kier molecular flexibility index (Phi) is 5.65. The molecule has 0 rings (SSSR count). The van der Waals surface area contributed by atoms with E-state index in [1.165, 1.54) is 0 Å². The molecule has 0 N–H and O–H groups in total. The van der Waals surface area contributed by atoms with Crippen LogP contribution in [0.1, 0.15) is 40.5 Å². The highest BCUT2D eigenvalue weighted by Crippen LogP contribution is 2.21. The lowest BCUT2D eigenvalue weighted by Crippen LogP contribution is -2.15. The third-order valence-corrected chi connectivity index (χ3v) is 2.88. The number of carbonyl (C=O) groups is 1. The number of thioether (sulfide) groups is 1. The van der Waals surface area contributed by atoms with Crippen LogP contribution in [0.4, 0.5) is 0 Å². The van der Waals surface area contributed by atoms with E-state index in [0.717, 1.165) is 12.8 Å². The maximum atomic E-state index is 11.0. The number of ketones is 1. The van der Waals surface area contributed by atoms with Crippen LogP contribution >= 0.6 is 11.8 Å². The first kappa shape index (κ1) is 11.0. The summed E-state index contributed by atoms with van der Waals surface area (Å²) in [7, 11) is 0. The Labute approximate surface area is 73.9 Å². The van der Waals surface area contributed by atoms with Crippen LogP contribution < -0.4 is 0 Å². The zero-order valence-electron chi connectivity index (χ0n) is 7.89. The fourth-order valence-electron chi connectivity index (χ4n) is 0.958. The van der Waals surface area contributed by atoms with Gasteiger partial charge in [-0.25, -0.2) is 0 Å². The Morgan fingerprint density at radius 2 is 2.00 bits per heavy atom. The van der Waals surface area contributed by atoms with Crippen LogP contribution in [-0.4, -0.2) is 16.3 Å². The number of hydrogen-bond acceptors (Lipinski definition) is 2. The molecule has 1 atom stereocenters. The smallest absolute Gasteiger partial charge is 0.142 e. The first-order valence-electron chi connectivity index (χ1n) is 4.23. The van der Waals surface area contributed by atoms with Crippen molar-refractivity contribution < 1.29 is 4.79 Å². The quantitative estimate of drug-likeness (QED) is 0.637. The van der Waals surface area contributed by atoms with Crippen LogP contribution in [0.15, 0.2) is 0 Å². The van der Waals surface area contributed by atoms with E-state index in [0.29, 0.717) is 11.0 Å². The minimum absolute atomic E-state index is 0.236. The molecular weight excluding hydrogens is 156 g/mol. The van der Waals surface area contributed by atoms with Gasteiger partial charge in [0.1, 0.15) is 5.78 Å². The topological polar surface area (TPSA) is 17.1 Å². The van der Waals surface area contributed by atoms with Gasteiger partial charge in [0.2, 0.25) is 0 Å². The molecule has 0 aliphatic rings. The lowest BCUT2D eigenvalue weighted by Gasteiger charge is -2.14. The molecule has 0 aromatic rings. The average Bonchev–Trinajstić information content (AvgIpc) is 1.86. The molecule has 0 aliphatic heterocycles. The van der Waals surface area contributed by atoms with Crippen molar-refractivity contribution in [3.05, 3.63) is 0 Å². The van der Waals surface area contributed by atoms with Gasteiger partial charge >= 0.3 is 0 Å². The molecule has 66 valence electrons. The second-order valence-electron chi connectivity index (χ2n) is 3.07. The minimum Gasteiger partial charge on any atom is -0.299 e. The van der Waals surface area contributed by atoms with Crippen LogP contribution in [0, 0.1) is 0 Å². The molecular formula is C9H18OS. The Balaban J connectivity index is 3.79. The molecule has 0 radical (unpaired) electrons. The lowest BCUT2D eigenvalue weighted by atomic mass is 10.2. The highest BCUT2D eigenvalue weighted by molar-refractivity contribution is 8.01.